The molecule has 5 aromatic rings. The lowest BCUT2D eigenvalue weighted by Gasteiger charge is -2.13. The predicted molar refractivity (Wildman–Crippen MR) is 129 cm³/mol. The zero-order valence-electron chi connectivity index (χ0n) is 18.4. The monoisotopic (exact) mass is 472 g/mol. The third-order valence-electron chi connectivity index (χ3n) is 5.22. The van der Waals surface area contributed by atoms with Gasteiger partial charge in [0.2, 0.25) is 5.88 Å². The summed E-state index contributed by atoms with van der Waals surface area (Å²) in [6, 6.07) is 15.5. The molecule has 0 saturated heterocycles. The van der Waals surface area contributed by atoms with Gasteiger partial charge in [0.25, 0.3) is 10.0 Å². The van der Waals surface area contributed by atoms with Crippen LogP contribution >= 0.6 is 0 Å². The van der Waals surface area contributed by atoms with Crippen LogP contribution < -0.4 is 9.46 Å². The molecule has 0 amide bonds. The fraction of sp³-hybridized carbons (Fsp3) is 0.0833. The summed E-state index contributed by atoms with van der Waals surface area (Å²) in [6.07, 6.45) is 6.94. The Morgan fingerprint density at radius 2 is 1.71 bits per heavy atom. The van der Waals surface area contributed by atoms with Crippen LogP contribution in [0.5, 0.6) is 5.88 Å². The smallest absolute Gasteiger partial charge is 0.262 e. The van der Waals surface area contributed by atoms with Crippen molar-refractivity contribution >= 4 is 26.7 Å². The Morgan fingerprint density at radius 3 is 2.44 bits per heavy atom. The predicted octanol–water partition coefficient (Wildman–Crippen LogP) is 3.90. The molecular weight excluding hydrogens is 452 g/mol. The molecule has 0 aliphatic rings. The van der Waals surface area contributed by atoms with Crippen LogP contribution in [0.4, 0.5) is 5.69 Å². The Labute approximate surface area is 196 Å². The SMILES string of the molecule is COc1ncc(-c2ccc3ncc(-c4cnn(C)c4)nc3c2)cc1NS(=O)(=O)c1ccccc1. The number of hydrogen-bond acceptors (Lipinski definition) is 7. The third kappa shape index (κ3) is 4.18. The van der Waals surface area contributed by atoms with Gasteiger partial charge in [-0.2, -0.15) is 5.10 Å². The first-order chi connectivity index (χ1) is 16.4. The molecule has 5 rings (SSSR count). The summed E-state index contributed by atoms with van der Waals surface area (Å²) in [5.41, 5.74) is 4.75. The molecule has 0 bridgehead atoms. The maximum absolute atomic E-state index is 12.8. The number of ether oxygens (including phenoxy) is 1. The Bertz CT molecular complexity index is 1600. The van der Waals surface area contributed by atoms with Gasteiger partial charge in [-0.15, -0.1) is 0 Å². The zero-order valence-corrected chi connectivity index (χ0v) is 19.2. The van der Waals surface area contributed by atoms with Crippen LogP contribution in [-0.4, -0.2) is 40.3 Å². The van der Waals surface area contributed by atoms with E-state index in [1.165, 1.54) is 19.2 Å². The molecule has 10 heteroatoms. The molecule has 2 aromatic carbocycles. The highest BCUT2D eigenvalue weighted by molar-refractivity contribution is 7.92. The van der Waals surface area contributed by atoms with Crippen molar-refractivity contribution < 1.29 is 13.2 Å². The van der Waals surface area contributed by atoms with Gasteiger partial charge in [-0.05, 0) is 35.9 Å². The average Bonchev–Trinajstić information content (AvgIpc) is 3.30. The molecule has 34 heavy (non-hydrogen) atoms. The van der Waals surface area contributed by atoms with E-state index in [1.807, 2.05) is 31.4 Å². The van der Waals surface area contributed by atoms with E-state index < -0.39 is 10.0 Å². The van der Waals surface area contributed by atoms with Crippen LogP contribution in [0, 0.1) is 0 Å². The second-order valence-electron chi connectivity index (χ2n) is 7.56. The summed E-state index contributed by atoms with van der Waals surface area (Å²) in [5, 5.41) is 4.19. The first kappa shape index (κ1) is 21.5. The summed E-state index contributed by atoms with van der Waals surface area (Å²) in [7, 11) is -0.532. The highest BCUT2D eigenvalue weighted by Crippen LogP contribution is 2.31. The lowest BCUT2D eigenvalue weighted by Crippen LogP contribution is -2.14. The van der Waals surface area contributed by atoms with Crippen LogP contribution in [0.2, 0.25) is 0 Å². The first-order valence-electron chi connectivity index (χ1n) is 10.3. The van der Waals surface area contributed by atoms with Gasteiger partial charge < -0.3 is 4.74 Å². The summed E-state index contributed by atoms with van der Waals surface area (Å²) < 4.78 is 35.3. The van der Waals surface area contributed by atoms with Gasteiger partial charge in [0.1, 0.15) is 5.69 Å². The van der Waals surface area contributed by atoms with Gasteiger partial charge in [-0.3, -0.25) is 14.4 Å². The Hall–Kier alpha value is -4.31. The normalized spacial score (nSPS) is 11.5. The number of rotatable bonds is 6. The topological polar surface area (TPSA) is 112 Å². The van der Waals surface area contributed by atoms with Gasteiger partial charge in [-0.25, -0.2) is 18.4 Å². The number of fused-ring (bicyclic) bond motifs is 1. The summed E-state index contributed by atoms with van der Waals surface area (Å²) >= 11 is 0. The molecule has 170 valence electrons. The lowest BCUT2D eigenvalue weighted by atomic mass is 10.1. The number of hydrogen-bond donors (Lipinski definition) is 1. The number of aryl methyl sites for hydroxylation is 1. The van der Waals surface area contributed by atoms with Crippen molar-refractivity contribution in [3.8, 4) is 28.3 Å². The maximum atomic E-state index is 12.8. The summed E-state index contributed by atoms with van der Waals surface area (Å²) in [6.45, 7) is 0. The van der Waals surface area contributed by atoms with Crippen molar-refractivity contribution in [3.05, 3.63) is 79.4 Å². The van der Waals surface area contributed by atoms with Gasteiger partial charge in [-0.1, -0.05) is 24.3 Å². The summed E-state index contributed by atoms with van der Waals surface area (Å²) in [4.78, 5) is 13.7. The van der Waals surface area contributed by atoms with Crippen molar-refractivity contribution in [1.82, 2.24) is 24.7 Å². The minimum absolute atomic E-state index is 0.145. The number of anilines is 1. The molecule has 0 aliphatic carbocycles. The fourth-order valence-corrected chi connectivity index (χ4v) is 4.60. The van der Waals surface area contributed by atoms with Gasteiger partial charge in [0.15, 0.2) is 0 Å². The summed E-state index contributed by atoms with van der Waals surface area (Å²) in [5.74, 6) is 0.169. The largest absolute Gasteiger partial charge is 0.480 e. The van der Waals surface area contributed by atoms with E-state index in [2.05, 4.69) is 19.8 Å². The van der Waals surface area contributed by atoms with E-state index >= 15 is 0 Å². The minimum atomic E-state index is -3.81. The Morgan fingerprint density at radius 1 is 0.882 bits per heavy atom. The molecule has 9 nitrogen and oxygen atoms in total. The van der Waals surface area contributed by atoms with Crippen molar-refractivity contribution in [2.24, 2.45) is 7.05 Å². The molecule has 0 spiro atoms. The average molecular weight is 473 g/mol. The van der Waals surface area contributed by atoms with E-state index in [-0.39, 0.29) is 16.5 Å². The first-order valence-corrected chi connectivity index (χ1v) is 11.8. The Kier molecular flexibility index (Phi) is 5.42. The minimum Gasteiger partial charge on any atom is -0.480 e. The van der Waals surface area contributed by atoms with Crippen molar-refractivity contribution in [3.63, 3.8) is 0 Å². The number of benzene rings is 2. The van der Waals surface area contributed by atoms with Gasteiger partial charge >= 0.3 is 0 Å². The van der Waals surface area contributed by atoms with E-state index in [9.17, 15) is 8.42 Å². The van der Waals surface area contributed by atoms with E-state index in [4.69, 9.17) is 9.72 Å². The maximum Gasteiger partial charge on any atom is 0.262 e. The van der Waals surface area contributed by atoms with Crippen molar-refractivity contribution in [2.45, 2.75) is 4.90 Å². The molecule has 0 aliphatic heterocycles. The van der Waals surface area contributed by atoms with E-state index in [0.717, 1.165) is 16.6 Å². The van der Waals surface area contributed by atoms with Crippen molar-refractivity contribution in [2.75, 3.05) is 11.8 Å². The van der Waals surface area contributed by atoms with Crippen molar-refractivity contribution in [1.29, 1.82) is 0 Å². The molecule has 0 fully saturated rings. The van der Waals surface area contributed by atoms with E-state index in [0.29, 0.717) is 16.8 Å². The van der Waals surface area contributed by atoms with Gasteiger partial charge in [0, 0.05) is 30.6 Å². The number of nitrogens with zero attached hydrogens (tertiary/aromatic N) is 5. The molecule has 0 atom stereocenters. The second-order valence-corrected chi connectivity index (χ2v) is 9.24. The second kappa shape index (κ2) is 8.56. The van der Waals surface area contributed by atoms with E-state index in [1.54, 1.807) is 47.5 Å². The number of methoxy groups -OCH3 is 1. The molecule has 3 aromatic heterocycles. The standard InChI is InChI=1S/C24H20N6O3S/c1-30-15-18(13-27-30)23-14-25-20-9-8-16(10-21(20)28-23)17-11-22(24(33-2)26-12-17)29-34(31,32)19-6-4-3-5-7-19/h3-15,29H,1-2H3. The molecule has 1 N–H and O–H groups in total. The van der Waals surface area contributed by atoms with Crippen LogP contribution in [-0.2, 0) is 17.1 Å². The quantitative estimate of drug-likeness (QED) is 0.399. The van der Waals surface area contributed by atoms with Crippen LogP contribution in [0.15, 0.2) is 84.3 Å². The molecular formula is C24H20N6O3S. The number of nitrogens with one attached hydrogen (secondary N) is 1. The fourth-order valence-electron chi connectivity index (χ4n) is 3.53. The highest BCUT2D eigenvalue weighted by Gasteiger charge is 2.18. The number of pyridine rings is 1. The molecule has 0 unspecified atom stereocenters. The molecule has 0 radical (unpaired) electrons. The highest BCUT2D eigenvalue weighted by atomic mass is 32.2. The lowest BCUT2D eigenvalue weighted by molar-refractivity contribution is 0.400. The van der Waals surface area contributed by atoms with Crippen LogP contribution in [0.1, 0.15) is 0 Å². The molecule has 0 saturated carbocycles. The Balaban J connectivity index is 1.53. The number of aromatic nitrogens is 5. The van der Waals surface area contributed by atoms with Crippen LogP contribution in [0.25, 0.3) is 33.4 Å². The van der Waals surface area contributed by atoms with Gasteiger partial charge in [0.05, 0.1) is 41.1 Å². The molecule has 3 heterocycles. The third-order valence-corrected chi connectivity index (χ3v) is 6.60. The van der Waals surface area contributed by atoms with Crippen LogP contribution in [0.3, 0.4) is 0 Å². The number of sulfonamides is 1. The zero-order chi connectivity index (χ0) is 23.7.